The normalized spacial score (nSPS) is 11.4. The van der Waals surface area contributed by atoms with E-state index in [1.54, 1.807) is 99.0 Å². The molecule has 0 bridgehead atoms. The molecule has 0 fully saturated rings. The Hall–Kier alpha value is -4.42. The Balaban J connectivity index is 0.000000224. The van der Waals surface area contributed by atoms with Crippen LogP contribution in [0, 0.1) is 13.8 Å². The zero-order chi connectivity index (χ0) is 36.1. The molecule has 1 radical (unpaired) electrons. The molecule has 2 aromatic carbocycles. The smallest absolute Gasteiger partial charge is 0.872 e. The quantitative estimate of drug-likeness (QED) is 0.137. The third-order valence-electron chi connectivity index (χ3n) is 7.58. The second-order valence-corrected chi connectivity index (χ2v) is 14.8. The summed E-state index contributed by atoms with van der Waals surface area (Å²) in [5.41, 5.74) is 2.28. The Morgan fingerprint density at radius 3 is 1.18 bits per heavy atom. The molecule has 0 aliphatic rings. The van der Waals surface area contributed by atoms with Crippen molar-refractivity contribution >= 4 is 25.8 Å². The van der Waals surface area contributed by atoms with Crippen molar-refractivity contribution in [3.8, 4) is 45.6 Å². The van der Waals surface area contributed by atoms with Gasteiger partial charge < -0.3 is 28.3 Å². The molecule has 14 nitrogen and oxygen atoms in total. The van der Waals surface area contributed by atoms with Gasteiger partial charge in [0.15, 0.2) is 11.6 Å². The van der Waals surface area contributed by atoms with Crippen molar-refractivity contribution in [1.82, 2.24) is 29.5 Å². The maximum absolute atomic E-state index is 13.1. The fourth-order valence-electron chi connectivity index (χ4n) is 5.31. The van der Waals surface area contributed by atoms with E-state index in [1.807, 2.05) is 0 Å². The third-order valence-corrected chi connectivity index (χ3v) is 11.7. The van der Waals surface area contributed by atoms with E-state index in [4.69, 9.17) is 18.1 Å². The largest absolute Gasteiger partial charge is 2.00 e. The van der Waals surface area contributed by atoms with Crippen LogP contribution in [0.5, 0.6) is 11.5 Å². The molecule has 269 valence electrons. The van der Waals surface area contributed by atoms with Crippen molar-refractivity contribution in [2.45, 2.75) is 13.8 Å². The van der Waals surface area contributed by atoms with Gasteiger partial charge in [-0.3, -0.25) is 9.13 Å². The average molecular weight is 780 g/mol. The van der Waals surface area contributed by atoms with Gasteiger partial charge in [0.05, 0.1) is 22.8 Å². The monoisotopic (exact) mass is 779 g/mol. The first-order valence-corrected chi connectivity index (χ1v) is 18.1. The molecule has 51 heavy (non-hydrogen) atoms. The van der Waals surface area contributed by atoms with Gasteiger partial charge in [0.1, 0.15) is 10.6 Å². The summed E-state index contributed by atoms with van der Waals surface area (Å²) in [7, 11) is -2.09. The number of hydrogen-bond acceptors (Lipinski definition) is 12. The minimum Gasteiger partial charge on any atom is -0.872 e. The summed E-state index contributed by atoms with van der Waals surface area (Å²) in [5, 5.41) is 34.3. The summed E-state index contributed by atoms with van der Waals surface area (Å²) in [5.74, 6) is 0.543. The van der Waals surface area contributed by atoms with Crippen LogP contribution < -0.4 is 20.8 Å². The molecule has 0 aliphatic heterocycles. The van der Waals surface area contributed by atoms with E-state index in [2.05, 4.69) is 20.2 Å². The number of aromatic nitrogens is 6. The zero-order valence-electron chi connectivity index (χ0n) is 28.4. The van der Waals surface area contributed by atoms with E-state index in [-0.39, 0.29) is 39.2 Å². The molecule has 4 aromatic heterocycles. The predicted molar refractivity (Wildman–Crippen MR) is 184 cm³/mol. The molecule has 0 unspecified atom stereocenters. The van der Waals surface area contributed by atoms with Gasteiger partial charge in [-0.2, -0.15) is 10.2 Å². The Labute approximate surface area is 305 Å². The first kappa shape index (κ1) is 39.4. The Morgan fingerprint density at radius 2 is 0.882 bits per heavy atom. The van der Waals surface area contributed by atoms with E-state index < -0.39 is 15.2 Å². The first-order chi connectivity index (χ1) is 24.0. The molecule has 0 atom stereocenters. The minimum absolute atomic E-state index is 0. The molecular weight excluding hydrogens is 746 g/mol. The van der Waals surface area contributed by atoms with Gasteiger partial charge in [-0.15, -0.1) is 0 Å². The molecule has 6 rings (SSSR count). The Kier molecular flexibility index (Phi) is 12.9. The SMILES string of the molecule is COP(=O)(OC)c1c(C)nn(-c2ccccn2)c1-c1ccccc1[O-].COP(=O)(OC)c1c(C)nn(-c2ccccn2)c1-c1ccccc1[O-].[Cu+2]. The maximum Gasteiger partial charge on any atom is 2.00 e. The van der Waals surface area contributed by atoms with Gasteiger partial charge in [-0.05, 0) is 49.2 Å². The van der Waals surface area contributed by atoms with Crippen molar-refractivity contribution < 1.29 is 54.5 Å². The number of nitrogens with zero attached hydrogens (tertiary/aromatic N) is 6. The molecular formula is C34H34CuN6O8P2. The van der Waals surface area contributed by atoms with Crippen LogP contribution in [0.3, 0.4) is 0 Å². The zero-order valence-corrected chi connectivity index (χ0v) is 31.1. The molecule has 6 aromatic rings. The van der Waals surface area contributed by atoms with E-state index in [0.717, 1.165) is 0 Å². The van der Waals surface area contributed by atoms with Gasteiger partial charge in [0.2, 0.25) is 0 Å². The topological polar surface area (TPSA) is 179 Å². The second kappa shape index (κ2) is 16.7. The number of rotatable bonds is 10. The van der Waals surface area contributed by atoms with Gasteiger partial charge in [0, 0.05) is 40.8 Å². The maximum atomic E-state index is 13.1. The molecule has 0 N–H and O–H groups in total. The third kappa shape index (κ3) is 7.77. The minimum atomic E-state index is -3.64. The molecule has 0 spiro atoms. The van der Waals surface area contributed by atoms with Crippen LogP contribution in [0.25, 0.3) is 34.2 Å². The number of benzene rings is 2. The number of hydrogen-bond donors (Lipinski definition) is 0. The van der Waals surface area contributed by atoms with Gasteiger partial charge in [-0.25, -0.2) is 19.3 Å². The van der Waals surface area contributed by atoms with Crippen molar-refractivity contribution in [2.75, 3.05) is 28.4 Å². The Bertz CT molecular complexity index is 2030. The van der Waals surface area contributed by atoms with Crippen LogP contribution in [0.4, 0.5) is 0 Å². The first-order valence-electron chi connectivity index (χ1n) is 15.0. The van der Waals surface area contributed by atoms with Crippen molar-refractivity contribution in [1.29, 1.82) is 0 Å². The van der Waals surface area contributed by atoms with E-state index in [1.165, 1.54) is 49.9 Å². The predicted octanol–water partition coefficient (Wildman–Crippen LogP) is 4.85. The molecule has 0 amide bonds. The fraction of sp³-hybridized carbons (Fsp3) is 0.176. The number of aryl methyl sites for hydroxylation is 2. The van der Waals surface area contributed by atoms with Crippen LogP contribution in [0.2, 0.25) is 0 Å². The van der Waals surface area contributed by atoms with Crippen LogP contribution in [0.1, 0.15) is 11.4 Å². The standard InChI is InChI=1S/2C17H18N3O4P.Cu/c2*1-12-17(25(22,23-2)24-3)16(13-8-4-5-9-14(13)21)20(19-12)15-10-6-7-11-18-15;/h2*4-11,21H,1-3H3;/q;;+2/p-2. The molecule has 0 saturated heterocycles. The second-order valence-electron chi connectivity index (χ2n) is 10.5. The van der Waals surface area contributed by atoms with Crippen molar-refractivity contribution in [3.63, 3.8) is 0 Å². The molecule has 0 aliphatic carbocycles. The van der Waals surface area contributed by atoms with Crippen LogP contribution >= 0.6 is 15.2 Å². The van der Waals surface area contributed by atoms with Gasteiger partial charge in [0.25, 0.3) is 0 Å². The van der Waals surface area contributed by atoms with Crippen molar-refractivity contribution in [3.05, 3.63) is 109 Å². The van der Waals surface area contributed by atoms with E-state index in [9.17, 15) is 19.3 Å². The van der Waals surface area contributed by atoms with Gasteiger partial charge >= 0.3 is 32.3 Å². The van der Waals surface area contributed by atoms with Crippen LogP contribution in [-0.2, 0) is 44.3 Å². The summed E-state index contributed by atoms with van der Waals surface area (Å²) < 4.78 is 49.8. The van der Waals surface area contributed by atoms with Crippen LogP contribution in [-0.4, -0.2) is 58.0 Å². The molecule has 4 heterocycles. The summed E-state index contributed by atoms with van der Waals surface area (Å²) in [4.78, 5) is 8.56. The van der Waals surface area contributed by atoms with Gasteiger partial charge in [-0.1, -0.05) is 72.2 Å². The van der Waals surface area contributed by atoms with Crippen LogP contribution in [0.15, 0.2) is 97.3 Å². The van der Waals surface area contributed by atoms with E-state index in [0.29, 0.717) is 45.5 Å². The Morgan fingerprint density at radius 1 is 0.549 bits per heavy atom. The molecule has 0 saturated carbocycles. The molecule has 17 heteroatoms. The van der Waals surface area contributed by atoms with E-state index >= 15 is 0 Å². The summed E-state index contributed by atoms with van der Waals surface area (Å²) in [6.07, 6.45) is 3.23. The summed E-state index contributed by atoms with van der Waals surface area (Å²) in [6, 6.07) is 23.6. The fourth-order valence-corrected chi connectivity index (χ4v) is 8.17. The number of pyridine rings is 2. The number of para-hydroxylation sites is 2. The summed E-state index contributed by atoms with van der Waals surface area (Å²) in [6.45, 7) is 3.38. The summed E-state index contributed by atoms with van der Waals surface area (Å²) >= 11 is 0. The van der Waals surface area contributed by atoms with Crippen molar-refractivity contribution in [2.24, 2.45) is 0 Å². The average Bonchev–Trinajstić information content (AvgIpc) is 3.69.